The van der Waals surface area contributed by atoms with Gasteiger partial charge in [-0.1, -0.05) is 12.1 Å². The van der Waals surface area contributed by atoms with Crippen molar-refractivity contribution >= 4 is 5.82 Å². The minimum atomic E-state index is -0.623. The van der Waals surface area contributed by atoms with E-state index in [1.54, 1.807) is 25.4 Å². The van der Waals surface area contributed by atoms with E-state index >= 15 is 0 Å². The summed E-state index contributed by atoms with van der Waals surface area (Å²) in [6, 6.07) is 13.2. The number of nitrogens with zero attached hydrogens (tertiary/aromatic N) is 3. The molecule has 1 aliphatic rings. The van der Waals surface area contributed by atoms with E-state index in [0.29, 0.717) is 31.1 Å². The van der Waals surface area contributed by atoms with Gasteiger partial charge in [0.05, 0.1) is 18.3 Å². The summed E-state index contributed by atoms with van der Waals surface area (Å²) in [5.74, 6) is 1.41. The third-order valence-electron chi connectivity index (χ3n) is 4.62. The highest BCUT2D eigenvalue weighted by atomic mass is 16.5. The van der Waals surface area contributed by atoms with Crippen LogP contribution >= 0.6 is 0 Å². The van der Waals surface area contributed by atoms with Gasteiger partial charge in [0.15, 0.2) is 11.5 Å². The van der Waals surface area contributed by atoms with E-state index in [2.05, 4.69) is 14.9 Å². The number of fused-ring (bicyclic) bond motifs is 1. The summed E-state index contributed by atoms with van der Waals surface area (Å²) in [6.07, 6.45) is 2.87. The number of aliphatic hydroxyl groups excluding tert-OH is 1. The molecule has 1 aliphatic heterocycles. The predicted octanol–water partition coefficient (Wildman–Crippen LogP) is 3.30. The van der Waals surface area contributed by atoms with Crippen LogP contribution in [0.1, 0.15) is 24.3 Å². The Bertz CT molecular complexity index is 945. The van der Waals surface area contributed by atoms with Crippen LogP contribution in [0, 0.1) is 0 Å². The number of phenolic OH excluding ortho intramolecular Hbond substituents is 1. The van der Waals surface area contributed by atoms with Crippen molar-refractivity contribution in [1.29, 1.82) is 0 Å². The SMILES string of the molecule is CC(O)c1cccc(N2CCOc3c(O)cc(-c4cccnc4)cc3C2)n1. The van der Waals surface area contributed by atoms with Crippen LogP contribution in [0.4, 0.5) is 5.82 Å². The van der Waals surface area contributed by atoms with Crippen LogP contribution in [0.15, 0.2) is 54.9 Å². The van der Waals surface area contributed by atoms with Gasteiger partial charge in [-0.3, -0.25) is 4.98 Å². The molecule has 1 unspecified atom stereocenters. The number of aromatic hydroxyl groups is 1. The van der Waals surface area contributed by atoms with Gasteiger partial charge in [-0.15, -0.1) is 0 Å². The average molecular weight is 363 g/mol. The molecule has 0 aliphatic carbocycles. The van der Waals surface area contributed by atoms with Crippen molar-refractivity contribution < 1.29 is 14.9 Å². The summed E-state index contributed by atoms with van der Waals surface area (Å²) in [6.45, 7) is 3.32. The third-order valence-corrected chi connectivity index (χ3v) is 4.62. The van der Waals surface area contributed by atoms with Crippen LogP contribution in [0.2, 0.25) is 0 Å². The average Bonchev–Trinajstić information content (AvgIpc) is 2.91. The molecular weight excluding hydrogens is 342 g/mol. The number of hydrogen-bond donors (Lipinski definition) is 2. The van der Waals surface area contributed by atoms with Gasteiger partial charge in [-0.25, -0.2) is 4.98 Å². The summed E-state index contributed by atoms with van der Waals surface area (Å²) < 4.78 is 5.82. The van der Waals surface area contributed by atoms with Gasteiger partial charge in [0.1, 0.15) is 12.4 Å². The van der Waals surface area contributed by atoms with Crippen molar-refractivity contribution in [2.75, 3.05) is 18.1 Å². The summed E-state index contributed by atoms with van der Waals surface area (Å²) in [5, 5.41) is 20.3. The maximum absolute atomic E-state index is 10.5. The molecule has 3 heterocycles. The summed E-state index contributed by atoms with van der Waals surface area (Å²) in [7, 11) is 0. The lowest BCUT2D eigenvalue weighted by molar-refractivity contribution is 0.194. The van der Waals surface area contributed by atoms with Crippen LogP contribution in [-0.4, -0.2) is 33.3 Å². The molecule has 0 saturated carbocycles. The highest BCUT2D eigenvalue weighted by Crippen LogP contribution is 2.38. The standard InChI is InChI=1S/C21H21N3O3/c1-14(25)18-5-2-6-20(23-18)24-8-9-27-21-17(13-24)10-16(11-19(21)26)15-4-3-7-22-12-15/h2-7,10-12,14,25-26H,8-9,13H2,1H3. The Kier molecular flexibility index (Phi) is 4.64. The fraction of sp³-hybridized carbons (Fsp3) is 0.238. The first-order valence-corrected chi connectivity index (χ1v) is 8.91. The van der Waals surface area contributed by atoms with Gasteiger partial charge >= 0.3 is 0 Å². The lowest BCUT2D eigenvalue weighted by Crippen LogP contribution is -2.26. The number of ether oxygens (including phenoxy) is 1. The molecular formula is C21H21N3O3. The van der Waals surface area contributed by atoms with E-state index in [0.717, 1.165) is 22.5 Å². The van der Waals surface area contributed by atoms with Crippen molar-refractivity contribution in [2.24, 2.45) is 0 Å². The van der Waals surface area contributed by atoms with Crippen LogP contribution in [-0.2, 0) is 6.54 Å². The molecule has 1 atom stereocenters. The number of benzene rings is 1. The lowest BCUT2D eigenvalue weighted by atomic mass is 10.0. The molecule has 0 radical (unpaired) electrons. The molecule has 2 aromatic heterocycles. The number of pyridine rings is 2. The van der Waals surface area contributed by atoms with E-state index in [1.165, 1.54) is 0 Å². The zero-order valence-corrected chi connectivity index (χ0v) is 15.0. The second-order valence-electron chi connectivity index (χ2n) is 6.59. The van der Waals surface area contributed by atoms with Crippen LogP contribution in [0.3, 0.4) is 0 Å². The zero-order chi connectivity index (χ0) is 18.8. The molecule has 0 fully saturated rings. The molecule has 2 N–H and O–H groups in total. The van der Waals surface area contributed by atoms with E-state index in [1.807, 2.05) is 36.4 Å². The van der Waals surface area contributed by atoms with Gasteiger partial charge in [0.25, 0.3) is 0 Å². The smallest absolute Gasteiger partial charge is 0.166 e. The topological polar surface area (TPSA) is 78.7 Å². The Morgan fingerprint density at radius 2 is 2.04 bits per heavy atom. The van der Waals surface area contributed by atoms with Crippen LogP contribution in [0.25, 0.3) is 11.1 Å². The minimum absolute atomic E-state index is 0.124. The first kappa shape index (κ1) is 17.3. The van der Waals surface area contributed by atoms with Gasteiger partial charge in [0.2, 0.25) is 0 Å². The second kappa shape index (κ2) is 7.25. The van der Waals surface area contributed by atoms with Crippen molar-refractivity contribution in [3.63, 3.8) is 0 Å². The maximum atomic E-state index is 10.5. The monoisotopic (exact) mass is 363 g/mol. The highest BCUT2D eigenvalue weighted by molar-refractivity contribution is 5.68. The molecule has 138 valence electrons. The molecule has 4 rings (SSSR count). The van der Waals surface area contributed by atoms with E-state index in [9.17, 15) is 10.2 Å². The molecule has 3 aromatic rings. The Balaban J connectivity index is 1.71. The van der Waals surface area contributed by atoms with Crippen molar-refractivity contribution in [1.82, 2.24) is 9.97 Å². The molecule has 0 saturated heterocycles. The Labute approximate surface area is 157 Å². The van der Waals surface area contributed by atoms with Crippen molar-refractivity contribution in [3.05, 3.63) is 66.1 Å². The third kappa shape index (κ3) is 3.57. The fourth-order valence-corrected chi connectivity index (χ4v) is 3.24. The van der Waals surface area contributed by atoms with Gasteiger partial charge < -0.3 is 19.8 Å². The highest BCUT2D eigenvalue weighted by Gasteiger charge is 2.21. The summed E-state index contributed by atoms with van der Waals surface area (Å²) >= 11 is 0. The largest absolute Gasteiger partial charge is 0.504 e. The number of rotatable bonds is 3. The maximum Gasteiger partial charge on any atom is 0.166 e. The zero-order valence-electron chi connectivity index (χ0n) is 15.0. The fourth-order valence-electron chi connectivity index (χ4n) is 3.24. The predicted molar refractivity (Wildman–Crippen MR) is 103 cm³/mol. The minimum Gasteiger partial charge on any atom is -0.504 e. The van der Waals surface area contributed by atoms with Crippen molar-refractivity contribution in [2.45, 2.75) is 19.6 Å². The molecule has 0 spiro atoms. The molecule has 6 heteroatoms. The summed E-state index contributed by atoms with van der Waals surface area (Å²) in [5.41, 5.74) is 3.33. The Hall–Kier alpha value is -3.12. The Morgan fingerprint density at radius 1 is 1.15 bits per heavy atom. The van der Waals surface area contributed by atoms with E-state index < -0.39 is 6.10 Å². The number of aliphatic hydroxyl groups is 1. The normalized spacial score (nSPS) is 14.8. The molecule has 6 nitrogen and oxygen atoms in total. The van der Waals surface area contributed by atoms with E-state index in [-0.39, 0.29) is 5.75 Å². The van der Waals surface area contributed by atoms with Gasteiger partial charge in [0, 0.05) is 30.1 Å². The number of anilines is 1. The summed E-state index contributed by atoms with van der Waals surface area (Å²) in [4.78, 5) is 10.8. The molecule has 27 heavy (non-hydrogen) atoms. The van der Waals surface area contributed by atoms with Crippen molar-refractivity contribution in [3.8, 4) is 22.6 Å². The molecule has 0 amide bonds. The molecule has 1 aromatic carbocycles. The quantitative estimate of drug-likeness (QED) is 0.743. The first-order valence-electron chi connectivity index (χ1n) is 8.91. The number of aromatic nitrogens is 2. The van der Waals surface area contributed by atoms with Crippen LogP contribution in [0.5, 0.6) is 11.5 Å². The van der Waals surface area contributed by atoms with Gasteiger partial charge in [-0.05, 0) is 42.8 Å². The molecule has 0 bridgehead atoms. The van der Waals surface area contributed by atoms with Gasteiger partial charge in [-0.2, -0.15) is 0 Å². The number of hydrogen-bond acceptors (Lipinski definition) is 6. The Morgan fingerprint density at radius 3 is 2.81 bits per heavy atom. The van der Waals surface area contributed by atoms with Crippen LogP contribution < -0.4 is 9.64 Å². The lowest BCUT2D eigenvalue weighted by Gasteiger charge is -2.22. The van der Waals surface area contributed by atoms with E-state index in [4.69, 9.17) is 4.74 Å². The first-order chi connectivity index (χ1) is 13.1. The second-order valence-corrected chi connectivity index (χ2v) is 6.59. The number of phenols is 1.